The molecular formula is C9H5BrF4O2. The maximum absolute atomic E-state index is 12.4. The monoisotopic (exact) mass is 300 g/mol. The molecule has 0 saturated carbocycles. The molecule has 0 radical (unpaired) electrons. The Kier molecular flexibility index (Phi) is 3.90. The minimum atomic E-state index is -4.63. The van der Waals surface area contributed by atoms with Crippen LogP contribution in [0, 0.1) is 0 Å². The van der Waals surface area contributed by atoms with E-state index in [2.05, 4.69) is 20.1 Å². The summed E-state index contributed by atoms with van der Waals surface area (Å²) in [4.78, 5) is 11.0. The van der Waals surface area contributed by atoms with E-state index < -0.39 is 24.4 Å². The van der Waals surface area contributed by atoms with Crippen LogP contribution in [0.4, 0.5) is 17.6 Å². The van der Waals surface area contributed by atoms with E-state index in [1.165, 1.54) is 0 Å². The third-order valence-corrected chi connectivity index (χ3v) is 2.07. The molecule has 0 aliphatic carbocycles. The molecule has 1 rings (SSSR count). The van der Waals surface area contributed by atoms with Crippen LogP contribution in [0.25, 0.3) is 0 Å². The van der Waals surface area contributed by atoms with Crippen molar-refractivity contribution in [2.75, 3.05) is 0 Å². The van der Waals surface area contributed by atoms with Crippen molar-refractivity contribution in [2.24, 2.45) is 0 Å². The van der Waals surface area contributed by atoms with E-state index >= 15 is 0 Å². The van der Waals surface area contributed by atoms with Gasteiger partial charge in [0.15, 0.2) is 16.3 Å². The lowest BCUT2D eigenvalue weighted by Gasteiger charge is -2.09. The van der Waals surface area contributed by atoms with Gasteiger partial charge in [-0.2, -0.15) is 13.2 Å². The van der Waals surface area contributed by atoms with Crippen molar-refractivity contribution in [3.8, 4) is 0 Å². The molecule has 1 aromatic carbocycles. The van der Waals surface area contributed by atoms with E-state index in [1.54, 1.807) is 0 Å². The van der Waals surface area contributed by atoms with Gasteiger partial charge in [0.05, 0.1) is 11.1 Å². The molecule has 0 bridgehead atoms. The Labute approximate surface area is 96.7 Å². The molecule has 88 valence electrons. The van der Waals surface area contributed by atoms with Gasteiger partial charge < -0.3 is 3.83 Å². The van der Waals surface area contributed by atoms with Gasteiger partial charge >= 0.3 is 12.1 Å². The quantitative estimate of drug-likeness (QED) is 0.780. The molecule has 0 aliphatic rings. The summed E-state index contributed by atoms with van der Waals surface area (Å²) in [5.41, 5.74) is -1.68. The standard InChI is InChI=1S/C9H5BrF4O2/c10-16-8(15)6-1-5(4-11)2-7(3-6)9(12,13)14/h1-3H,4H2. The molecule has 0 aliphatic heterocycles. The third kappa shape index (κ3) is 2.94. The van der Waals surface area contributed by atoms with Crippen LogP contribution in [0.3, 0.4) is 0 Å². The summed E-state index contributed by atoms with van der Waals surface area (Å²) in [6.07, 6.45) is -4.63. The summed E-state index contributed by atoms with van der Waals surface area (Å²) in [7, 11) is 0. The van der Waals surface area contributed by atoms with Crippen LogP contribution < -0.4 is 0 Å². The Hall–Kier alpha value is -1.11. The molecule has 2 nitrogen and oxygen atoms in total. The number of hydrogen-bond acceptors (Lipinski definition) is 2. The molecule has 16 heavy (non-hydrogen) atoms. The average Bonchev–Trinajstić information content (AvgIpc) is 2.26. The summed E-state index contributed by atoms with van der Waals surface area (Å²) in [5.74, 6) is -1.01. The molecular weight excluding hydrogens is 296 g/mol. The predicted octanol–water partition coefficient (Wildman–Crippen LogP) is 3.64. The Balaban J connectivity index is 3.27. The highest BCUT2D eigenvalue weighted by Gasteiger charge is 2.31. The second kappa shape index (κ2) is 4.82. The zero-order valence-corrected chi connectivity index (χ0v) is 9.23. The molecule has 7 heteroatoms. The second-order valence-electron chi connectivity index (χ2n) is 2.91. The largest absolute Gasteiger partial charge is 0.416 e. The van der Waals surface area contributed by atoms with E-state index in [9.17, 15) is 22.4 Å². The first-order valence-corrected chi connectivity index (χ1v) is 4.63. The molecule has 0 unspecified atom stereocenters. The Morgan fingerprint density at radius 2 is 1.94 bits per heavy atom. The van der Waals surface area contributed by atoms with Crippen molar-refractivity contribution in [1.82, 2.24) is 0 Å². The van der Waals surface area contributed by atoms with Gasteiger partial charge in [0.2, 0.25) is 0 Å². The minimum Gasteiger partial charge on any atom is -0.380 e. The molecule has 0 atom stereocenters. The highest BCUT2D eigenvalue weighted by Crippen LogP contribution is 2.31. The lowest BCUT2D eigenvalue weighted by atomic mass is 10.1. The van der Waals surface area contributed by atoms with Crippen LogP contribution in [0.15, 0.2) is 18.2 Å². The first-order valence-electron chi connectivity index (χ1n) is 3.98. The Morgan fingerprint density at radius 1 is 1.31 bits per heavy atom. The van der Waals surface area contributed by atoms with Gasteiger partial charge in [-0.1, -0.05) is 0 Å². The maximum atomic E-state index is 12.4. The van der Waals surface area contributed by atoms with Gasteiger partial charge in [-0.3, -0.25) is 0 Å². The average molecular weight is 301 g/mol. The third-order valence-electron chi connectivity index (χ3n) is 1.78. The van der Waals surface area contributed by atoms with Gasteiger partial charge in [-0.15, -0.1) is 0 Å². The zero-order valence-electron chi connectivity index (χ0n) is 7.65. The van der Waals surface area contributed by atoms with Crippen molar-refractivity contribution in [2.45, 2.75) is 12.9 Å². The molecule has 0 amide bonds. The van der Waals surface area contributed by atoms with Crippen LogP contribution in [-0.2, 0) is 16.7 Å². The normalized spacial score (nSPS) is 11.3. The van der Waals surface area contributed by atoms with Crippen LogP contribution in [-0.4, -0.2) is 5.97 Å². The van der Waals surface area contributed by atoms with Crippen molar-refractivity contribution < 1.29 is 26.2 Å². The Morgan fingerprint density at radius 3 is 2.38 bits per heavy atom. The van der Waals surface area contributed by atoms with E-state index in [-0.39, 0.29) is 11.1 Å². The highest BCUT2D eigenvalue weighted by atomic mass is 79.9. The van der Waals surface area contributed by atoms with Crippen molar-refractivity contribution in [1.29, 1.82) is 0 Å². The van der Waals surface area contributed by atoms with Crippen LogP contribution in [0.2, 0.25) is 0 Å². The molecule has 0 saturated heterocycles. The van der Waals surface area contributed by atoms with Gasteiger partial charge in [0.25, 0.3) is 0 Å². The second-order valence-corrected chi connectivity index (χ2v) is 3.24. The minimum absolute atomic E-state index is 0.234. The number of carbonyl (C=O) groups is 1. The number of alkyl halides is 4. The topological polar surface area (TPSA) is 26.3 Å². The fourth-order valence-corrected chi connectivity index (χ4v) is 1.28. The highest BCUT2D eigenvalue weighted by molar-refractivity contribution is 9.06. The van der Waals surface area contributed by atoms with Crippen molar-refractivity contribution >= 4 is 22.2 Å². The summed E-state index contributed by atoms with van der Waals surface area (Å²) >= 11 is 2.35. The molecule has 0 heterocycles. The van der Waals surface area contributed by atoms with Crippen LogP contribution >= 0.6 is 16.3 Å². The Bertz CT molecular complexity index is 403. The van der Waals surface area contributed by atoms with E-state index in [4.69, 9.17) is 0 Å². The number of hydrogen-bond donors (Lipinski definition) is 0. The molecule has 0 fully saturated rings. The number of benzene rings is 1. The summed E-state index contributed by atoms with van der Waals surface area (Å²) in [6.45, 7) is -1.09. The summed E-state index contributed by atoms with van der Waals surface area (Å²) < 4.78 is 53.5. The summed E-state index contributed by atoms with van der Waals surface area (Å²) in [5, 5.41) is 0. The smallest absolute Gasteiger partial charge is 0.380 e. The predicted molar refractivity (Wildman–Crippen MR) is 50.6 cm³/mol. The van der Waals surface area contributed by atoms with Gasteiger partial charge in [-0.05, 0) is 23.8 Å². The molecule has 0 spiro atoms. The summed E-state index contributed by atoms with van der Waals surface area (Å²) in [6, 6.07) is 2.24. The van der Waals surface area contributed by atoms with Crippen LogP contribution in [0.1, 0.15) is 21.5 Å². The van der Waals surface area contributed by atoms with Crippen molar-refractivity contribution in [3.05, 3.63) is 34.9 Å². The number of halogens is 5. The van der Waals surface area contributed by atoms with Gasteiger partial charge in [0.1, 0.15) is 6.67 Å². The van der Waals surface area contributed by atoms with E-state index in [0.29, 0.717) is 12.1 Å². The molecule has 0 aromatic heterocycles. The number of carbonyl (C=O) groups excluding carboxylic acids is 1. The van der Waals surface area contributed by atoms with Gasteiger partial charge in [-0.25, -0.2) is 9.18 Å². The first-order chi connectivity index (χ1) is 7.38. The van der Waals surface area contributed by atoms with Gasteiger partial charge in [0, 0.05) is 0 Å². The fraction of sp³-hybridized carbons (Fsp3) is 0.222. The van der Waals surface area contributed by atoms with E-state index in [1.807, 2.05) is 0 Å². The zero-order chi connectivity index (χ0) is 12.3. The lowest BCUT2D eigenvalue weighted by Crippen LogP contribution is -2.08. The molecule has 1 aromatic rings. The number of rotatable bonds is 2. The van der Waals surface area contributed by atoms with E-state index in [0.717, 1.165) is 6.07 Å². The molecule has 0 N–H and O–H groups in total. The maximum Gasteiger partial charge on any atom is 0.416 e. The SMILES string of the molecule is O=C(OBr)c1cc(CF)cc(C(F)(F)F)c1. The first kappa shape index (κ1) is 13.0. The fourth-order valence-electron chi connectivity index (χ4n) is 1.10. The van der Waals surface area contributed by atoms with Crippen LogP contribution in [0.5, 0.6) is 0 Å². The van der Waals surface area contributed by atoms with Crippen molar-refractivity contribution in [3.63, 3.8) is 0 Å². The lowest BCUT2D eigenvalue weighted by molar-refractivity contribution is -0.137.